The van der Waals surface area contributed by atoms with Crippen molar-refractivity contribution in [2.24, 2.45) is 0 Å². The number of methoxy groups -OCH3 is 1. The van der Waals surface area contributed by atoms with E-state index >= 15 is 0 Å². The third-order valence-corrected chi connectivity index (χ3v) is 2.75. The van der Waals surface area contributed by atoms with Crippen molar-refractivity contribution in [3.63, 3.8) is 0 Å². The standard InChI is InChI=1S/C15H16O2/c1-17-14-9-5-6-12(10-14)11-15(16)13-7-3-2-4-8-13/h2-10,15-16H,11H2,1H3. The number of aliphatic hydroxyl groups is 1. The van der Waals surface area contributed by atoms with E-state index in [-0.39, 0.29) is 0 Å². The molecule has 17 heavy (non-hydrogen) atoms. The fourth-order valence-electron chi connectivity index (χ4n) is 1.82. The molecule has 0 amide bonds. The smallest absolute Gasteiger partial charge is 0.119 e. The molecular weight excluding hydrogens is 212 g/mol. The second kappa shape index (κ2) is 5.51. The van der Waals surface area contributed by atoms with E-state index in [1.165, 1.54) is 0 Å². The maximum absolute atomic E-state index is 10.1. The van der Waals surface area contributed by atoms with Gasteiger partial charge in [0.25, 0.3) is 0 Å². The van der Waals surface area contributed by atoms with Crippen LogP contribution in [0.15, 0.2) is 54.6 Å². The molecule has 0 aliphatic heterocycles. The van der Waals surface area contributed by atoms with Crippen molar-refractivity contribution in [3.05, 3.63) is 65.7 Å². The molecule has 0 bridgehead atoms. The minimum atomic E-state index is -0.469. The van der Waals surface area contributed by atoms with E-state index in [1.807, 2.05) is 54.6 Å². The minimum absolute atomic E-state index is 0.469. The molecule has 2 rings (SSSR count). The Morgan fingerprint density at radius 3 is 2.53 bits per heavy atom. The van der Waals surface area contributed by atoms with Gasteiger partial charge in [-0.25, -0.2) is 0 Å². The normalized spacial score (nSPS) is 12.1. The largest absolute Gasteiger partial charge is 0.497 e. The summed E-state index contributed by atoms with van der Waals surface area (Å²) in [6, 6.07) is 17.5. The monoisotopic (exact) mass is 228 g/mol. The minimum Gasteiger partial charge on any atom is -0.497 e. The van der Waals surface area contributed by atoms with Crippen LogP contribution in [0.3, 0.4) is 0 Å². The Morgan fingerprint density at radius 1 is 1.06 bits per heavy atom. The van der Waals surface area contributed by atoms with E-state index in [2.05, 4.69) is 0 Å². The highest BCUT2D eigenvalue weighted by Crippen LogP contribution is 2.20. The summed E-state index contributed by atoms with van der Waals surface area (Å²) in [7, 11) is 1.65. The van der Waals surface area contributed by atoms with Crippen molar-refractivity contribution in [2.75, 3.05) is 7.11 Å². The van der Waals surface area contributed by atoms with E-state index in [0.717, 1.165) is 16.9 Å². The molecule has 2 heteroatoms. The predicted molar refractivity (Wildman–Crippen MR) is 68.1 cm³/mol. The molecule has 0 aliphatic carbocycles. The number of benzene rings is 2. The summed E-state index contributed by atoms with van der Waals surface area (Å²) in [6.07, 6.45) is 0.129. The molecule has 0 saturated heterocycles. The van der Waals surface area contributed by atoms with Crippen LogP contribution in [0.5, 0.6) is 5.75 Å². The summed E-state index contributed by atoms with van der Waals surface area (Å²) < 4.78 is 5.16. The fraction of sp³-hybridized carbons (Fsp3) is 0.200. The average Bonchev–Trinajstić information content (AvgIpc) is 2.40. The van der Waals surface area contributed by atoms with Gasteiger partial charge >= 0.3 is 0 Å². The lowest BCUT2D eigenvalue weighted by atomic mass is 10.0. The average molecular weight is 228 g/mol. The zero-order valence-corrected chi connectivity index (χ0v) is 9.84. The summed E-state index contributed by atoms with van der Waals surface area (Å²) in [5.74, 6) is 0.822. The molecule has 0 heterocycles. The van der Waals surface area contributed by atoms with E-state index in [9.17, 15) is 5.11 Å². The van der Waals surface area contributed by atoms with Crippen molar-refractivity contribution in [2.45, 2.75) is 12.5 Å². The second-order valence-electron chi connectivity index (χ2n) is 3.98. The summed E-state index contributed by atoms with van der Waals surface area (Å²) in [5.41, 5.74) is 2.01. The van der Waals surface area contributed by atoms with Crippen LogP contribution in [0.25, 0.3) is 0 Å². The van der Waals surface area contributed by atoms with Crippen molar-refractivity contribution >= 4 is 0 Å². The Balaban J connectivity index is 2.10. The van der Waals surface area contributed by atoms with Crippen LogP contribution in [-0.2, 0) is 6.42 Å². The lowest BCUT2D eigenvalue weighted by Crippen LogP contribution is -2.01. The van der Waals surface area contributed by atoms with E-state index in [0.29, 0.717) is 6.42 Å². The lowest BCUT2D eigenvalue weighted by molar-refractivity contribution is 0.178. The molecule has 1 atom stereocenters. The van der Waals surface area contributed by atoms with Gasteiger partial charge in [-0.05, 0) is 23.3 Å². The number of hydrogen-bond acceptors (Lipinski definition) is 2. The van der Waals surface area contributed by atoms with Gasteiger partial charge in [0.2, 0.25) is 0 Å². The maximum atomic E-state index is 10.1. The number of ether oxygens (including phenoxy) is 1. The van der Waals surface area contributed by atoms with Crippen LogP contribution in [-0.4, -0.2) is 12.2 Å². The highest BCUT2D eigenvalue weighted by atomic mass is 16.5. The summed E-state index contributed by atoms with van der Waals surface area (Å²) in [4.78, 5) is 0. The maximum Gasteiger partial charge on any atom is 0.119 e. The molecule has 0 aliphatic rings. The van der Waals surface area contributed by atoms with Crippen LogP contribution in [0.1, 0.15) is 17.2 Å². The lowest BCUT2D eigenvalue weighted by Gasteiger charge is -2.11. The van der Waals surface area contributed by atoms with Gasteiger partial charge in [0, 0.05) is 6.42 Å². The van der Waals surface area contributed by atoms with Crippen LogP contribution in [0.2, 0.25) is 0 Å². The SMILES string of the molecule is COc1cccc(CC(O)c2ccccc2)c1. The molecule has 2 nitrogen and oxygen atoms in total. The molecule has 1 N–H and O–H groups in total. The molecule has 88 valence electrons. The number of hydrogen-bond donors (Lipinski definition) is 1. The van der Waals surface area contributed by atoms with Crippen LogP contribution in [0.4, 0.5) is 0 Å². The van der Waals surface area contributed by atoms with Gasteiger partial charge in [0.15, 0.2) is 0 Å². The summed E-state index contributed by atoms with van der Waals surface area (Å²) in [6.45, 7) is 0. The number of aliphatic hydroxyl groups excluding tert-OH is 1. The van der Waals surface area contributed by atoms with E-state index in [1.54, 1.807) is 7.11 Å². The first-order valence-corrected chi connectivity index (χ1v) is 5.65. The van der Waals surface area contributed by atoms with Gasteiger partial charge in [0.05, 0.1) is 13.2 Å². The highest BCUT2D eigenvalue weighted by molar-refractivity contribution is 5.30. The molecule has 2 aromatic carbocycles. The van der Waals surface area contributed by atoms with E-state index in [4.69, 9.17) is 4.74 Å². The summed E-state index contributed by atoms with van der Waals surface area (Å²) in [5, 5.41) is 10.1. The Labute approximate surface area is 101 Å². The zero-order chi connectivity index (χ0) is 12.1. The first kappa shape index (κ1) is 11.7. The second-order valence-corrected chi connectivity index (χ2v) is 3.98. The zero-order valence-electron chi connectivity index (χ0n) is 9.84. The van der Waals surface area contributed by atoms with Gasteiger partial charge in [-0.1, -0.05) is 42.5 Å². The third-order valence-electron chi connectivity index (χ3n) is 2.75. The van der Waals surface area contributed by atoms with Crippen molar-refractivity contribution in [3.8, 4) is 5.75 Å². The van der Waals surface area contributed by atoms with Crippen LogP contribution in [0, 0.1) is 0 Å². The molecule has 0 fully saturated rings. The first-order chi connectivity index (χ1) is 8.29. The molecule has 0 saturated carbocycles. The Morgan fingerprint density at radius 2 is 1.82 bits per heavy atom. The topological polar surface area (TPSA) is 29.5 Å². The molecule has 0 radical (unpaired) electrons. The van der Waals surface area contributed by atoms with Crippen molar-refractivity contribution < 1.29 is 9.84 Å². The highest BCUT2D eigenvalue weighted by Gasteiger charge is 2.08. The molecule has 0 aromatic heterocycles. The van der Waals surface area contributed by atoms with Crippen LogP contribution >= 0.6 is 0 Å². The van der Waals surface area contributed by atoms with Gasteiger partial charge in [-0.15, -0.1) is 0 Å². The van der Waals surface area contributed by atoms with Gasteiger partial charge in [0.1, 0.15) is 5.75 Å². The molecule has 0 spiro atoms. The van der Waals surface area contributed by atoms with Gasteiger partial charge in [-0.3, -0.25) is 0 Å². The fourth-order valence-corrected chi connectivity index (χ4v) is 1.82. The third kappa shape index (κ3) is 3.08. The molecular formula is C15H16O2. The Kier molecular flexibility index (Phi) is 3.78. The molecule has 2 aromatic rings. The van der Waals surface area contributed by atoms with E-state index < -0.39 is 6.10 Å². The molecule has 1 unspecified atom stereocenters. The van der Waals surface area contributed by atoms with Crippen LogP contribution < -0.4 is 4.74 Å². The van der Waals surface area contributed by atoms with Crippen molar-refractivity contribution in [1.82, 2.24) is 0 Å². The van der Waals surface area contributed by atoms with Gasteiger partial charge < -0.3 is 9.84 Å². The predicted octanol–water partition coefficient (Wildman–Crippen LogP) is 2.97. The first-order valence-electron chi connectivity index (χ1n) is 5.65. The quantitative estimate of drug-likeness (QED) is 0.871. The Bertz CT molecular complexity index is 465. The Hall–Kier alpha value is -1.80. The van der Waals surface area contributed by atoms with Gasteiger partial charge in [-0.2, -0.15) is 0 Å². The summed E-state index contributed by atoms with van der Waals surface area (Å²) >= 11 is 0. The van der Waals surface area contributed by atoms with Crippen molar-refractivity contribution in [1.29, 1.82) is 0 Å². The number of rotatable bonds is 4.